The number of benzene rings is 2. The lowest BCUT2D eigenvalue weighted by molar-refractivity contribution is 0.102. The van der Waals surface area contributed by atoms with Crippen molar-refractivity contribution in [1.29, 1.82) is 0 Å². The molecule has 39 heavy (non-hydrogen) atoms. The molecule has 4 heterocycles. The SMILES string of the molecule is CCNC1CCN(c2ccc(C(=O)Nc3cc(CCc4ncn[nH]4)c4nn(C)cc4c3)c3nn(C)cc23)CC1. The van der Waals surface area contributed by atoms with Gasteiger partial charge in [0.05, 0.1) is 11.1 Å². The fourth-order valence-electron chi connectivity index (χ4n) is 5.67. The normalized spacial score (nSPS) is 14.5. The second-order valence-corrected chi connectivity index (χ2v) is 10.3. The van der Waals surface area contributed by atoms with E-state index in [2.05, 4.69) is 48.8 Å². The number of carbonyl (C=O) groups excluding carboxylic acids is 1. The third-order valence-corrected chi connectivity index (χ3v) is 7.50. The van der Waals surface area contributed by atoms with Crippen molar-refractivity contribution in [3.63, 3.8) is 0 Å². The summed E-state index contributed by atoms with van der Waals surface area (Å²) in [7, 11) is 3.81. The summed E-state index contributed by atoms with van der Waals surface area (Å²) in [5.74, 6) is 0.637. The average molecular weight is 527 g/mol. The summed E-state index contributed by atoms with van der Waals surface area (Å²) in [4.78, 5) is 20.3. The number of amides is 1. The molecule has 0 unspecified atom stereocenters. The molecule has 1 saturated heterocycles. The Balaban J connectivity index is 1.27. The number of aromatic amines is 1. The number of nitrogens with zero attached hydrogens (tertiary/aromatic N) is 7. The first kappa shape index (κ1) is 25.1. The molecule has 3 aromatic heterocycles. The van der Waals surface area contributed by atoms with E-state index in [-0.39, 0.29) is 5.91 Å². The number of H-pyrrole nitrogens is 1. The number of piperidine rings is 1. The summed E-state index contributed by atoms with van der Waals surface area (Å²) in [6, 6.07) is 8.51. The van der Waals surface area contributed by atoms with Gasteiger partial charge in [-0.15, -0.1) is 0 Å². The molecule has 0 bridgehead atoms. The van der Waals surface area contributed by atoms with Gasteiger partial charge in [0, 0.05) is 74.2 Å². The summed E-state index contributed by atoms with van der Waals surface area (Å²) < 4.78 is 3.59. The van der Waals surface area contributed by atoms with Gasteiger partial charge in [0.15, 0.2) is 0 Å². The zero-order chi connectivity index (χ0) is 26.9. The average Bonchev–Trinajstić information content (AvgIpc) is 3.66. The fourth-order valence-corrected chi connectivity index (χ4v) is 5.67. The van der Waals surface area contributed by atoms with Gasteiger partial charge in [-0.2, -0.15) is 15.3 Å². The van der Waals surface area contributed by atoms with Crippen LogP contribution in [0.5, 0.6) is 0 Å². The molecule has 1 aliphatic heterocycles. The van der Waals surface area contributed by atoms with E-state index in [4.69, 9.17) is 5.10 Å². The van der Waals surface area contributed by atoms with Gasteiger partial charge >= 0.3 is 0 Å². The predicted octanol–water partition coefficient (Wildman–Crippen LogP) is 3.19. The molecule has 0 saturated carbocycles. The van der Waals surface area contributed by atoms with Gasteiger partial charge in [-0.25, -0.2) is 4.98 Å². The smallest absolute Gasteiger partial charge is 0.257 e. The topological polar surface area (TPSA) is 122 Å². The third kappa shape index (κ3) is 5.09. The Bertz CT molecular complexity index is 1610. The maximum Gasteiger partial charge on any atom is 0.257 e. The van der Waals surface area contributed by atoms with E-state index >= 15 is 0 Å². The van der Waals surface area contributed by atoms with Crippen molar-refractivity contribution in [3.05, 3.63) is 59.9 Å². The van der Waals surface area contributed by atoms with Crippen LogP contribution in [0.4, 0.5) is 11.4 Å². The molecule has 0 atom stereocenters. The van der Waals surface area contributed by atoms with Crippen molar-refractivity contribution in [3.8, 4) is 0 Å². The minimum absolute atomic E-state index is 0.180. The molecule has 2 aromatic carbocycles. The van der Waals surface area contributed by atoms with Crippen molar-refractivity contribution in [2.24, 2.45) is 14.1 Å². The number of anilines is 2. The van der Waals surface area contributed by atoms with Crippen LogP contribution in [0.3, 0.4) is 0 Å². The van der Waals surface area contributed by atoms with E-state index < -0.39 is 0 Å². The van der Waals surface area contributed by atoms with E-state index in [1.165, 1.54) is 6.33 Å². The molecule has 11 heteroatoms. The number of aryl methyl sites for hydroxylation is 4. The molecule has 0 spiro atoms. The number of nitrogens with one attached hydrogen (secondary N) is 3. The van der Waals surface area contributed by atoms with Crippen molar-refractivity contribution < 1.29 is 4.79 Å². The highest BCUT2D eigenvalue weighted by molar-refractivity contribution is 6.14. The largest absolute Gasteiger partial charge is 0.371 e. The number of rotatable bonds is 8. The van der Waals surface area contributed by atoms with Gasteiger partial charge < -0.3 is 15.5 Å². The molecule has 5 aromatic rings. The van der Waals surface area contributed by atoms with Crippen molar-refractivity contribution in [1.82, 2.24) is 40.1 Å². The van der Waals surface area contributed by atoms with Gasteiger partial charge in [0.2, 0.25) is 0 Å². The highest BCUT2D eigenvalue weighted by atomic mass is 16.1. The highest BCUT2D eigenvalue weighted by Crippen LogP contribution is 2.32. The lowest BCUT2D eigenvalue weighted by atomic mass is 10.0. The Kier molecular flexibility index (Phi) is 6.74. The van der Waals surface area contributed by atoms with Crippen LogP contribution in [-0.4, -0.2) is 66.3 Å². The van der Waals surface area contributed by atoms with Crippen LogP contribution in [-0.2, 0) is 26.9 Å². The standard InChI is InChI=1S/C28H34N10O/c1-4-29-20-9-11-38(12-10-20)24-7-6-22(27-23(24)16-37(3)35-27)28(39)32-21-13-18(5-8-25-30-17-31-33-25)26-19(14-21)15-36(2)34-26/h6-7,13-17,20,29H,4-5,8-12H2,1-3H3,(H,32,39)(H,30,31,33). The Labute approximate surface area is 226 Å². The molecule has 6 rings (SSSR count). The van der Waals surface area contributed by atoms with Crippen molar-refractivity contribution >= 4 is 39.1 Å². The predicted molar refractivity (Wildman–Crippen MR) is 152 cm³/mol. The fraction of sp³-hybridized carbons (Fsp3) is 0.393. The highest BCUT2D eigenvalue weighted by Gasteiger charge is 2.23. The summed E-state index contributed by atoms with van der Waals surface area (Å²) in [6.07, 6.45) is 9.12. The molecule has 1 aliphatic rings. The van der Waals surface area contributed by atoms with Gasteiger partial charge in [-0.3, -0.25) is 19.3 Å². The Morgan fingerprint density at radius 3 is 2.62 bits per heavy atom. The lowest BCUT2D eigenvalue weighted by Gasteiger charge is -2.34. The summed E-state index contributed by atoms with van der Waals surface area (Å²) in [6.45, 7) is 5.12. The quantitative estimate of drug-likeness (QED) is 0.284. The van der Waals surface area contributed by atoms with E-state index in [0.717, 1.165) is 77.9 Å². The first-order valence-electron chi connectivity index (χ1n) is 13.5. The first-order chi connectivity index (χ1) is 19.0. The minimum atomic E-state index is -0.180. The summed E-state index contributed by atoms with van der Waals surface area (Å²) in [5, 5.41) is 24.9. The maximum atomic E-state index is 13.6. The van der Waals surface area contributed by atoms with Gasteiger partial charge in [-0.1, -0.05) is 6.92 Å². The summed E-state index contributed by atoms with van der Waals surface area (Å²) >= 11 is 0. The zero-order valence-electron chi connectivity index (χ0n) is 22.6. The van der Waals surface area contributed by atoms with E-state index in [1.54, 1.807) is 9.36 Å². The molecule has 202 valence electrons. The molecule has 1 amide bonds. The molecule has 1 fully saturated rings. The van der Waals surface area contributed by atoms with Crippen molar-refractivity contribution in [2.45, 2.75) is 38.6 Å². The monoisotopic (exact) mass is 526 g/mol. The first-order valence-corrected chi connectivity index (χ1v) is 13.5. The van der Waals surface area contributed by atoms with E-state index in [0.29, 0.717) is 23.5 Å². The molecule has 11 nitrogen and oxygen atoms in total. The van der Waals surface area contributed by atoms with Gasteiger partial charge in [0.1, 0.15) is 17.7 Å². The van der Waals surface area contributed by atoms with Crippen LogP contribution in [0, 0.1) is 0 Å². The third-order valence-electron chi connectivity index (χ3n) is 7.50. The minimum Gasteiger partial charge on any atom is -0.371 e. The lowest BCUT2D eigenvalue weighted by Crippen LogP contribution is -2.42. The molecular weight excluding hydrogens is 492 g/mol. The number of hydrogen-bond donors (Lipinski definition) is 3. The summed E-state index contributed by atoms with van der Waals surface area (Å²) in [5.41, 5.74) is 5.10. The van der Waals surface area contributed by atoms with Crippen LogP contribution in [0.2, 0.25) is 0 Å². The Hall–Kier alpha value is -4.25. The van der Waals surface area contributed by atoms with Crippen LogP contribution in [0.15, 0.2) is 43.0 Å². The maximum absolute atomic E-state index is 13.6. The second-order valence-electron chi connectivity index (χ2n) is 10.3. The van der Waals surface area contributed by atoms with Crippen LogP contribution in [0.25, 0.3) is 21.8 Å². The molecule has 0 aliphatic carbocycles. The second kappa shape index (κ2) is 10.5. The Morgan fingerprint density at radius 2 is 1.85 bits per heavy atom. The van der Waals surface area contributed by atoms with E-state index in [9.17, 15) is 4.79 Å². The van der Waals surface area contributed by atoms with Crippen LogP contribution < -0.4 is 15.5 Å². The number of aromatic nitrogens is 7. The van der Waals surface area contributed by atoms with Gasteiger partial charge in [0.25, 0.3) is 5.91 Å². The number of carbonyl (C=O) groups is 1. The molecule has 0 radical (unpaired) electrons. The zero-order valence-corrected chi connectivity index (χ0v) is 22.6. The number of hydrogen-bond acceptors (Lipinski definition) is 7. The van der Waals surface area contributed by atoms with Crippen LogP contribution in [0.1, 0.15) is 41.5 Å². The van der Waals surface area contributed by atoms with Crippen molar-refractivity contribution in [2.75, 3.05) is 29.9 Å². The Morgan fingerprint density at radius 1 is 1.05 bits per heavy atom. The molecule has 3 N–H and O–H groups in total. The van der Waals surface area contributed by atoms with E-state index in [1.807, 2.05) is 44.7 Å². The number of fused-ring (bicyclic) bond motifs is 2. The van der Waals surface area contributed by atoms with Gasteiger partial charge in [-0.05, 0) is 55.6 Å². The van der Waals surface area contributed by atoms with Crippen LogP contribution >= 0.6 is 0 Å². The molecular formula is C28H34N10O.